The highest BCUT2D eigenvalue weighted by Crippen LogP contribution is 2.11. The largest absolute Gasteiger partial charge is 0.392 e. The molecule has 0 fully saturated rings. The Hall–Kier alpha value is -1.41. The topological polar surface area (TPSA) is 33.1 Å². The van der Waals surface area contributed by atoms with E-state index in [9.17, 15) is 0 Å². The Bertz CT molecular complexity index is 442. The lowest BCUT2D eigenvalue weighted by atomic mass is 10.2. The van der Waals surface area contributed by atoms with Crippen LogP contribution in [-0.2, 0) is 6.61 Å². The Morgan fingerprint density at radius 1 is 1.42 bits per heavy atom. The summed E-state index contributed by atoms with van der Waals surface area (Å²) in [4.78, 5) is 4.05. The zero-order valence-corrected chi connectivity index (χ0v) is 6.49. The van der Waals surface area contributed by atoms with E-state index in [0.717, 1.165) is 10.9 Å². The molecule has 0 aliphatic heterocycles. The number of aromatic nitrogens is 1. The number of aliphatic hydroxyl groups excluding tert-OH is 1. The van der Waals surface area contributed by atoms with Gasteiger partial charge in [0.15, 0.2) is 0 Å². The van der Waals surface area contributed by atoms with Crippen LogP contribution in [0.1, 0.15) is 6.93 Å². The first kappa shape index (κ1) is 6.14. The van der Waals surface area contributed by atoms with Crippen molar-refractivity contribution in [3.05, 3.63) is 42.1 Å². The van der Waals surface area contributed by atoms with Crippen molar-refractivity contribution in [2.75, 3.05) is 0 Å². The number of fused-ring (bicyclic) bond motifs is 1. The fourth-order valence-corrected chi connectivity index (χ4v) is 1.14. The van der Waals surface area contributed by atoms with Gasteiger partial charge < -0.3 is 5.11 Å². The number of aliphatic hydroxyl groups is 1. The number of benzene rings is 1. The van der Waals surface area contributed by atoms with E-state index in [1.807, 2.05) is 24.3 Å². The van der Waals surface area contributed by atoms with Gasteiger partial charge in [-0.1, -0.05) is 18.2 Å². The lowest BCUT2D eigenvalue weighted by Crippen LogP contribution is -1.85. The third kappa shape index (κ3) is 1.17. The molecule has 1 aromatic heterocycles. The summed E-state index contributed by atoms with van der Waals surface area (Å²) >= 11 is 0. The van der Waals surface area contributed by atoms with E-state index in [-0.39, 0.29) is 12.8 Å². The Kier molecular flexibility index (Phi) is 1.49. The van der Waals surface area contributed by atoms with Crippen LogP contribution in [-0.4, -0.2) is 10.1 Å². The van der Waals surface area contributed by atoms with Gasteiger partial charge in [-0.15, -0.1) is 0 Å². The molecule has 60 valence electrons. The minimum Gasteiger partial charge on any atom is -0.392 e. The van der Waals surface area contributed by atoms with Crippen molar-refractivity contribution in [1.29, 1.82) is 0 Å². The Labute approximate surface area is 71.9 Å². The molecule has 2 heteroatoms. The molecule has 1 heterocycles. The second-order valence-electron chi connectivity index (χ2n) is 2.61. The number of nitrogens with zero attached hydrogens (tertiary/aromatic N) is 1. The second-order valence-corrected chi connectivity index (χ2v) is 2.61. The van der Waals surface area contributed by atoms with Crippen molar-refractivity contribution in [1.82, 2.24) is 4.98 Å². The number of hydrogen-bond acceptors (Lipinski definition) is 2. The molecule has 12 heavy (non-hydrogen) atoms. The maximum absolute atomic E-state index is 8.92. The highest BCUT2D eigenvalue weighted by atomic mass is 16.3. The van der Waals surface area contributed by atoms with E-state index < -0.39 is 0 Å². The Balaban J connectivity index is 2.74. The molecule has 0 atom stereocenters. The van der Waals surface area contributed by atoms with Crippen LogP contribution in [0.4, 0.5) is 0 Å². The molecule has 0 saturated heterocycles. The number of rotatable bonds is 1. The summed E-state index contributed by atoms with van der Waals surface area (Å²) in [6, 6.07) is 9.36. The zero-order chi connectivity index (χ0) is 9.26. The molecular weight excluding hydrogens is 150 g/mol. The van der Waals surface area contributed by atoms with Crippen molar-refractivity contribution in [3.8, 4) is 0 Å². The van der Waals surface area contributed by atoms with E-state index in [4.69, 9.17) is 6.48 Å². The van der Waals surface area contributed by atoms with Crippen molar-refractivity contribution < 1.29 is 6.48 Å². The zero-order valence-electron chi connectivity index (χ0n) is 7.49. The molecule has 2 nitrogen and oxygen atoms in total. The SMILES string of the molecule is [2H]c1nc2ccccc2cc1CO. The molecule has 0 amide bonds. The summed E-state index contributed by atoms with van der Waals surface area (Å²) in [6.07, 6.45) is 0.154. The van der Waals surface area contributed by atoms with E-state index in [2.05, 4.69) is 4.98 Å². The van der Waals surface area contributed by atoms with Crippen molar-refractivity contribution >= 4 is 10.9 Å². The van der Waals surface area contributed by atoms with E-state index >= 15 is 0 Å². The molecular formula is C10H9NO. The number of hydrogen-bond donors (Lipinski definition) is 1. The third-order valence-corrected chi connectivity index (χ3v) is 1.76. The fourth-order valence-electron chi connectivity index (χ4n) is 1.14. The van der Waals surface area contributed by atoms with E-state index in [1.54, 1.807) is 6.07 Å². The smallest absolute Gasteiger partial charge is 0.0844 e. The van der Waals surface area contributed by atoms with Gasteiger partial charge in [0.2, 0.25) is 0 Å². The van der Waals surface area contributed by atoms with Gasteiger partial charge in [0.1, 0.15) is 0 Å². The van der Waals surface area contributed by atoms with Crippen molar-refractivity contribution in [2.45, 2.75) is 6.61 Å². The first-order valence-corrected chi connectivity index (χ1v) is 3.77. The average Bonchev–Trinajstić information content (AvgIpc) is 2.17. The minimum absolute atomic E-state index is 0.128. The molecule has 2 rings (SSSR count). The first-order chi connectivity index (χ1) is 6.31. The Morgan fingerprint density at radius 3 is 3.08 bits per heavy atom. The lowest BCUT2D eigenvalue weighted by Gasteiger charge is -1.98. The maximum Gasteiger partial charge on any atom is 0.0844 e. The first-order valence-electron chi connectivity index (χ1n) is 4.27. The molecule has 0 saturated carbocycles. The molecule has 0 bridgehead atoms. The predicted molar refractivity (Wildman–Crippen MR) is 47.7 cm³/mol. The fraction of sp³-hybridized carbons (Fsp3) is 0.100. The summed E-state index contributed by atoms with van der Waals surface area (Å²) in [5.74, 6) is 0. The summed E-state index contributed by atoms with van der Waals surface area (Å²) in [6.45, 7) is -0.128. The average molecular weight is 160 g/mol. The monoisotopic (exact) mass is 160 g/mol. The lowest BCUT2D eigenvalue weighted by molar-refractivity contribution is 0.281. The summed E-state index contributed by atoms with van der Waals surface area (Å²) in [7, 11) is 0. The summed E-state index contributed by atoms with van der Waals surface area (Å²) < 4.78 is 7.48. The molecule has 0 aliphatic rings. The van der Waals surface area contributed by atoms with Gasteiger partial charge >= 0.3 is 0 Å². The van der Waals surface area contributed by atoms with Crippen LogP contribution in [0.5, 0.6) is 0 Å². The van der Waals surface area contributed by atoms with Gasteiger partial charge in [-0.2, -0.15) is 0 Å². The van der Waals surface area contributed by atoms with Crippen LogP contribution in [0.2, 0.25) is 0 Å². The minimum atomic E-state index is -0.128. The quantitative estimate of drug-likeness (QED) is 0.689. The second kappa shape index (κ2) is 2.91. The van der Waals surface area contributed by atoms with Crippen LogP contribution in [0.25, 0.3) is 10.9 Å². The molecule has 0 spiro atoms. The highest BCUT2D eigenvalue weighted by molar-refractivity contribution is 5.78. The highest BCUT2D eigenvalue weighted by Gasteiger charge is 1.94. The molecule has 0 radical (unpaired) electrons. The standard InChI is InChI=1S/C10H9NO/c12-7-8-5-9-3-1-2-4-10(9)11-6-8/h1-6,12H,7H2/i6D. The van der Waals surface area contributed by atoms with Crippen LogP contribution in [0, 0.1) is 0 Å². The predicted octanol–water partition coefficient (Wildman–Crippen LogP) is 1.73. The maximum atomic E-state index is 8.92. The van der Waals surface area contributed by atoms with Crippen LogP contribution in [0.3, 0.4) is 0 Å². The van der Waals surface area contributed by atoms with E-state index in [1.165, 1.54) is 0 Å². The van der Waals surface area contributed by atoms with Gasteiger partial charge in [0.25, 0.3) is 0 Å². The van der Waals surface area contributed by atoms with Crippen LogP contribution in [0.15, 0.2) is 36.5 Å². The summed E-state index contributed by atoms with van der Waals surface area (Å²) in [5, 5.41) is 9.88. The van der Waals surface area contributed by atoms with Gasteiger partial charge in [0, 0.05) is 11.6 Å². The van der Waals surface area contributed by atoms with Gasteiger partial charge in [0.05, 0.1) is 13.5 Å². The van der Waals surface area contributed by atoms with Crippen LogP contribution < -0.4 is 0 Å². The third-order valence-electron chi connectivity index (χ3n) is 1.76. The van der Waals surface area contributed by atoms with Gasteiger partial charge in [-0.25, -0.2) is 0 Å². The van der Waals surface area contributed by atoms with E-state index in [0.29, 0.717) is 5.56 Å². The molecule has 1 N–H and O–H groups in total. The van der Waals surface area contributed by atoms with Gasteiger partial charge in [-0.05, 0) is 17.7 Å². The normalized spacial score (nSPS) is 11.6. The molecule has 0 aliphatic carbocycles. The van der Waals surface area contributed by atoms with Crippen molar-refractivity contribution in [2.24, 2.45) is 0 Å². The van der Waals surface area contributed by atoms with Gasteiger partial charge in [-0.3, -0.25) is 4.98 Å². The van der Waals surface area contributed by atoms with Crippen molar-refractivity contribution in [3.63, 3.8) is 0 Å². The molecule has 0 unspecified atom stereocenters. The van der Waals surface area contributed by atoms with Crippen LogP contribution >= 0.6 is 0 Å². The number of pyridine rings is 1. The summed E-state index contributed by atoms with van der Waals surface area (Å²) in [5.41, 5.74) is 1.36. The number of para-hydroxylation sites is 1. The molecule has 1 aromatic carbocycles. The Morgan fingerprint density at radius 2 is 2.25 bits per heavy atom. The molecule has 2 aromatic rings.